The van der Waals surface area contributed by atoms with Crippen molar-refractivity contribution in [2.45, 2.75) is 19.7 Å². The molecule has 1 aromatic heterocycles. The second-order valence-electron chi connectivity index (χ2n) is 3.56. The Labute approximate surface area is 84.9 Å². The van der Waals surface area contributed by atoms with Crippen LogP contribution in [0.15, 0.2) is 12.3 Å². The van der Waals surface area contributed by atoms with Crippen LogP contribution in [0.5, 0.6) is 5.88 Å². The molecular formula is C10H14BNO2. The van der Waals surface area contributed by atoms with Crippen LogP contribution in [-0.4, -0.2) is 25.7 Å². The first kappa shape index (κ1) is 10.8. The predicted molar refractivity (Wildman–Crippen MR) is 57.8 cm³/mol. The van der Waals surface area contributed by atoms with Gasteiger partial charge in [-0.15, -0.1) is 0 Å². The molecule has 0 saturated heterocycles. The second kappa shape index (κ2) is 4.27. The van der Waals surface area contributed by atoms with Gasteiger partial charge in [0.15, 0.2) is 5.78 Å². The van der Waals surface area contributed by atoms with Crippen molar-refractivity contribution in [3.05, 3.63) is 23.4 Å². The van der Waals surface area contributed by atoms with E-state index >= 15 is 0 Å². The maximum absolute atomic E-state index is 11.7. The Morgan fingerprint density at radius 3 is 2.71 bits per heavy atom. The summed E-state index contributed by atoms with van der Waals surface area (Å²) in [6.07, 6.45) is 1.58. The van der Waals surface area contributed by atoms with Crippen molar-refractivity contribution in [3.8, 4) is 5.88 Å². The summed E-state index contributed by atoms with van der Waals surface area (Å²) in [6, 6.07) is 1.77. The molecule has 0 spiro atoms. The number of aromatic nitrogens is 1. The maximum Gasteiger partial charge on any atom is 0.213 e. The molecule has 0 aromatic carbocycles. The zero-order valence-electron chi connectivity index (χ0n) is 9.00. The van der Waals surface area contributed by atoms with Gasteiger partial charge in [-0.2, -0.15) is 0 Å². The summed E-state index contributed by atoms with van der Waals surface area (Å²) in [5, 5.41) is 0. The summed E-state index contributed by atoms with van der Waals surface area (Å²) in [5.74, 6) is 0.671. The van der Waals surface area contributed by atoms with Gasteiger partial charge in [-0.25, -0.2) is 4.98 Å². The van der Waals surface area contributed by atoms with Crippen molar-refractivity contribution < 1.29 is 9.53 Å². The molecule has 0 amide bonds. The highest BCUT2D eigenvalue weighted by molar-refractivity contribution is 6.27. The van der Waals surface area contributed by atoms with Crippen molar-refractivity contribution in [2.24, 2.45) is 0 Å². The number of pyridine rings is 1. The van der Waals surface area contributed by atoms with Crippen LogP contribution in [0.1, 0.15) is 22.8 Å². The molecule has 74 valence electrons. The number of rotatable bonds is 3. The van der Waals surface area contributed by atoms with Crippen LogP contribution < -0.4 is 4.74 Å². The normalized spacial score (nSPS) is 12.2. The van der Waals surface area contributed by atoms with Gasteiger partial charge in [0.2, 0.25) is 5.88 Å². The summed E-state index contributed by atoms with van der Waals surface area (Å²) in [7, 11) is 3.44. The molecule has 0 radical (unpaired) electrons. The summed E-state index contributed by atoms with van der Waals surface area (Å²) in [4.78, 5) is 15.7. The first-order chi connectivity index (χ1) is 6.56. The smallest absolute Gasteiger partial charge is 0.213 e. The van der Waals surface area contributed by atoms with Gasteiger partial charge in [0, 0.05) is 17.8 Å². The first-order valence-corrected chi connectivity index (χ1v) is 4.61. The number of hydrogen-bond donors (Lipinski definition) is 0. The monoisotopic (exact) mass is 191 g/mol. The summed E-state index contributed by atoms with van der Waals surface area (Å²) in [6.45, 7) is 3.77. The molecule has 0 N–H and O–H groups in total. The van der Waals surface area contributed by atoms with E-state index in [0.717, 1.165) is 5.56 Å². The molecule has 0 saturated carbocycles. The first-order valence-electron chi connectivity index (χ1n) is 4.61. The van der Waals surface area contributed by atoms with Crippen LogP contribution in [-0.2, 0) is 0 Å². The fourth-order valence-electron chi connectivity index (χ4n) is 1.21. The molecule has 1 heterocycles. The fourth-order valence-corrected chi connectivity index (χ4v) is 1.21. The van der Waals surface area contributed by atoms with Gasteiger partial charge >= 0.3 is 0 Å². The van der Waals surface area contributed by atoms with E-state index in [1.54, 1.807) is 19.4 Å². The average Bonchev–Trinajstić information content (AvgIpc) is 2.16. The molecule has 1 unspecified atom stereocenters. The standard InChI is InChI=1S/C10H14BNO2/c1-6-4-9(14-3)12-5-8(6)10(13)7(2)11/h4-5,7H,11H2,1-3H3. The Balaban J connectivity index is 3.06. The number of hydrogen-bond acceptors (Lipinski definition) is 3. The van der Waals surface area contributed by atoms with Crippen molar-refractivity contribution in [3.63, 3.8) is 0 Å². The molecule has 0 bridgehead atoms. The minimum Gasteiger partial charge on any atom is -0.481 e. The lowest BCUT2D eigenvalue weighted by molar-refractivity contribution is 0.0988. The molecule has 3 nitrogen and oxygen atoms in total. The summed E-state index contributed by atoms with van der Waals surface area (Å²) < 4.78 is 4.97. The maximum atomic E-state index is 11.7. The molecular weight excluding hydrogens is 177 g/mol. The highest BCUT2D eigenvalue weighted by Crippen LogP contribution is 2.17. The van der Waals surface area contributed by atoms with Crippen LogP contribution in [0, 0.1) is 6.92 Å². The molecule has 0 aliphatic rings. The minimum atomic E-state index is 0.00361. The zero-order chi connectivity index (χ0) is 10.7. The van der Waals surface area contributed by atoms with Crippen LogP contribution in [0.3, 0.4) is 0 Å². The lowest BCUT2D eigenvalue weighted by Gasteiger charge is -2.08. The van der Waals surface area contributed by atoms with Gasteiger partial charge in [0.05, 0.1) is 7.11 Å². The largest absolute Gasteiger partial charge is 0.481 e. The Bertz CT molecular complexity index is 350. The topological polar surface area (TPSA) is 39.2 Å². The average molecular weight is 191 g/mol. The Kier molecular flexibility index (Phi) is 3.28. The number of carbonyl (C=O) groups excluding carboxylic acids is 1. The van der Waals surface area contributed by atoms with E-state index in [2.05, 4.69) is 4.98 Å². The van der Waals surface area contributed by atoms with E-state index in [0.29, 0.717) is 11.4 Å². The van der Waals surface area contributed by atoms with Gasteiger partial charge in [-0.3, -0.25) is 4.79 Å². The SMILES string of the molecule is BC(C)C(=O)c1cnc(OC)cc1C. The Hall–Kier alpha value is -1.32. The number of carbonyl (C=O) groups is 1. The van der Waals surface area contributed by atoms with Crippen molar-refractivity contribution in [1.29, 1.82) is 0 Å². The number of ether oxygens (including phenoxy) is 1. The lowest BCUT2D eigenvalue weighted by Crippen LogP contribution is -2.08. The Morgan fingerprint density at radius 1 is 1.64 bits per heavy atom. The molecule has 4 heteroatoms. The van der Waals surface area contributed by atoms with Crippen LogP contribution in [0.4, 0.5) is 0 Å². The van der Waals surface area contributed by atoms with Crippen LogP contribution >= 0.6 is 0 Å². The number of ketones is 1. The molecule has 0 aliphatic heterocycles. The van der Waals surface area contributed by atoms with Crippen molar-refractivity contribution in [1.82, 2.24) is 4.98 Å². The quantitative estimate of drug-likeness (QED) is 0.528. The van der Waals surface area contributed by atoms with Gasteiger partial charge < -0.3 is 4.74 Å². The minimum absolute atomic E-state index is 0.00361. The third-order valence-electron chi connectivity index (χ3n) is 2.08. The highest BCUT2D eigenvalue weighted by Gasteiger charge is 2.13. The van der Waals surface area contributed by atoms with Gasteiger partial charge in [-0.1, -0.05) is 6.92 Å². The number of nitrogens with zero attached hydrogens (tertiary/aromatic N) is 1. The van der Waals surface area contributed by atoms with E-state index in [9.17, 15) is 4.79 Å². The highest BCUT2D eigenvalue weighted by atomic mass is 16.5. The molecule has 14 heavy (non-hydrogen) atoms. The van der Waals surface area contributed by atoms with E-state index in [1.165, 1.54) is 0 Å². The van der Waals surface area contributed by atoms with Crippen LogP contribution in [0.2, 0.25) is 5.82 Å². The lowest BCUT2D eigenvalue weighted by atomic mass is 9.82. The van der Waals surface area contributed by atoms with Gasteiger partial charge in [0.25, 0.3) is 0 Å². The molecule has 1 atom stereocenters. The third-order valence-corrected chi connectivity index (χ3v) is 2.08. The van der Waals surface area contributed by atoms with Gasteiger partial charge in [-0.05, 0) is 18.3 Å². The van der Waals surface area contributed by atoms with E-state index in [1.807, 2.05) is 21.7 Å². The Morgan fingerprint density at radius 2 is 2.29 bits per heavy atom. The van der Waals surface area contributed by atoms with Crippen molar-refractivity contribution >= 4 is 13.6 Å². The summed E-state index contributed by atoms with van der Waals surface area (Å²) >= 11 is 0. The molecule has 1 rings (SSSR count). The van der Waals surface area contributed by atoms with Crippen LogP contribution in [0.25, 0.3) is 0 Å². The molecule has 0 aliphatic carbocycles. The zero-order valence-corrected chi connectivity index (χ0v) is 9.00. The van der Waals surface area contributed by atoms with E-state index in [-0.39, 0.29) is 11.6 Å². The second-order valence-corrected chi connectivity index (χ2v) is 3.56. The van der Waals surface area contributed by atoms with E-state index in [4.69, 9.17) is 4.74 Å². The summed E-state index contributed by atoms with van der Waals surface area (Å²) in [5.41, 5.74) is 1.59. The van der Waals surface area contributed by atoms with Gasteiger partial charge in [0.1, 0.15) is 7.85 Å². The third kappa shape index (κ3) is 2.13. The fraction of sp³-hybridized carbons (Fsp3) is 0.400. The van der Waals surface area contributed by atoms with E-state index < -0.39 is 0 Å². The number of methoxy groups -OCH3 is 1. The number of aryl methyl sites for hydroxylation is 1. The van der Waals surface area contributed by atoms with Crippen molar-refractivity contribution in [2.75, 3.05) is 7.11 Å². The predicted octanol–water partition coefficient (Wildman–Crippen LogP) is 1.02. The molecule has 0 fully saturated rings. The molecule has 1 aromatic rings. The number of Topliss-reactive ketones (excluding diaryl/α,β-unsaturated/α-hetero) is 1.